The zero-order chi connectivity index (χ0) is 17.0. The molecule has 2 amide bonds. The summed E-state index contributed by atoms with van der Waals surface area (Å²) in [4.78, 5) is 23.5. The predicted molar refractivity (Wildman–Crippen MR) is 79.9 cm³/mol. The molecule has 0 aliphatic rings. The van der Waals surface area contributed by atoms with Crippen LogP contribution in [0.4, 0.5) is 24.5 Å². The fourth-order valence-electron chi connectivity index (χ4n) is 1.87. The summed E-state index contributed by atoms with van der Waals surface area (Å²) in [5.41, 5.74) is 0.300. The standard InChI is InChI=1S/C16H13F3N2O2/c1-10-4-2-6-12(8-10)20-14(22)15(23)21-13-7-3-5-11(9-13)16(17,18)19/h2-9H,1H3,(H,20,22)(H,21,23). The summed E-state index contributed by atoms with van der Waals surface area (Å²) in [6, 6.07) is 10.8. The molecule has 120 valence electrons. The summed E-state index contributed by atoms with van der Waals surface area (Å²) in [5.74, 6) is -2.01. The van der Waals surface area contributed by atoms with Crippen LogP contribution >= 0.6 is 0 Å². The van der Waals surface area contributed by atoms with Gasteiger partial charge in [-0.25, -0.2) is 0 Å². The highest BCUT2D eigenvalue weighted by molar-refractivity contribution is 6.43. The van der Waals surface area contributed by atoms with Crippen LogP contribution in [0.3, 0.4) is 0 Å². The van der Waals surface area contributed by atoms with Crippen LogP contribution in [0.5, 0.6) is 0 Å². The van der Waals surface area contributed by atoms with Gasteiger partial charge in [-0.05, 0) is 42.8 Å². The lowest BCUT2D eigenvalue weighted by Crippen LogP contribution is -2.29. The molecule has 0 spiro atoms. The first kappa shape index (κ1) is 16.5. The number of carbonyl (C=O) groups excluding carboxylic acids is 2. The van der Waals surface area contributed by atoms with E-state index in [2.05, 4.69) is 10.6 Å². The van der Waals surface area contributed by atoms with Crippen molar-refractivity contribution in [2.75, 3.05) is 10.6 Å². The average Bonchev–Trinajstić information content (AvgIpc) is 2.46. The Kier molecular flexibility index (Phi) is 4.68. The second kappa shape index (κ2) is 6.51. The maximum absolute atomic E-state index is 12.6. The Bertz CT molecular complexity index is 742. The van der Waals surface area contributed by atoms with Crippen LogP contribution in [0.25, 0.3) is 0 Å². The lowest BCUT2D eigenvalue weighted by Gasteiger charge is -2.10. The number of alkyl halides is 3. The van der Waals surface area contributed by atoms with E-state index in [9.17, 15) is 22.8 Å². The van der Waals surface area contributed by atoms with Crippen LogP contribution in [0, 0.1) is 6.92 Å². The van der Waals surface area contributed by atoms with Gasteiger partial charge in [-0.15, -0.1) is 0 Å². The van der Waals surface area contributed by atoms with Gasteiger partial charge in [0.15, 0.2) is 0 Å². The van der Waals surface area contributed by atoms with Crippen LogP contribution in [-0.2, 0) is 15.8 Å². The Morgan fingerprint density at radius 1 is 0.870 bits per heavy atom. The zero-order valence-corrected chi connectivity index (χ0v) is 12.1. The third-order valence-electron chi connectivity index (χ3n) is 2.93. The molecule has 0 unspecified atom stereocenters. The van der Waals surface area contributed by atoms with E-state index in [1.54, 1.807) is 18.2 Å². The number of hydrogen-bond donors (Lipinski definition) is 2. The first-order valence-electron chi connectivity index (χ1n) is 6.62. The van der Waals surface area contributed by atoms with E-state index in [4.69, 9.17) is 0 Å². The second-order valence-corrected chi connectivity index (χ2v) is 4.86. The van der Waals surface area contributed by atoms with Crippen molar-refractivity contribution in [2.24, 2.45) is 0 Å². The lowest BCUT2D eigenvalue weighted by atomic mass is 10.2. The van der Waals surface area contributed by atoms with Crippen molar-refractivity contribution < 1.29 is 22.8 Å². The fourth-order valence-corrected chi connectivity index (χ4v) is 1.87. The van der Waals surface area contributed by atoms with Gasteiger partial charge in [0.05, 0.1) is 5.56 Å². The van der Waals surface area contributed by atoms with Crippen LogP contribution in [0.2, 0.25) is 0 Å². The average molecular weight is 322 g/mol. The van der Waals surface area contributed by atoms with Crippen molar-refractivity contribution in [3.05, 3.63) is 59.7 Å². The molecule has 0 aromatic heterocycles. The molecule has 0 fully saturated rings. The predicted octanol–water partition coefficient (Wildman–Crippen LogP) is 3.59. The third-order valence-corrected chi connectivity index (χ3v) is 2.93. The molecular formula is C16H13F3N2O2. The minimum Gasteiger partial charge on any atom is -0.318 e. The molecule has 4 nitrogen and oxygen atoms in total. The number of halogens is 3. The highest BCUT2D eigenvalue weighted by atomic mass is 19.4. The number of benzene rings is 2. The van der Waals surface area contributed by atoms with Gasteiger partial charge in [0.2, 0.25) is 0 Å². The van der Waals surface area contributed by atoms with E-state index in [0.717, 1.165) is 23.8 Å². The molecule has 2 rings (SSSR count). The fraction of sp³-hybridized carbons (Fsp3) is 0.125. The molecule has 23 heavy (non-hydrogen) atoms. The molecule has 2 aromatic carbocycles. The van der Waals surface area contributed by atoms with Crippen LogP contribution < -0.4 is 10.6 Å². The Balaban J connectivity index is 2.05. The molecular weight excluding hydrogens is 309 g/mol. The minimum absolute atomic E-state index is 0.107. The quantitative estimate of drug-likeness (QED) is 0.830. The Morgan fingerprint density at radius 2 is 1.39 bits per heavy atom. The van der Waals surface area contributed by atoms with Crippen LogP contribution in [0.1, 0.15) is 11.1 Å². The Morgan fingerprint density at radius 3 is 1.91 bits per heavy atom. The van der Waals surface area contributed by atoms with Gasteiger partial charge in [0.1, 0.15) is 0 Å². The van der Waals surface area contributed by atoms with E-state index in [1.165, 1.54) is 6.07 Å². The smallest absolute Gasteiger partial charge is 0.318 e. The van der Waals surface area contributed by atoms with Crippen LogP contribution in [0.15, 0.2) is 48.5 Å². The zero-order valence-electron chi connectivity index (χ0n) is 12.1. The Labute approximate surface area is 130 Å². The number of anilines is 2. The van der Waals surface area contributed by atoms with Gasteiger partial charge in [-0.2, -0.15) is 13.2 Å². The topological polar surface area (TPSA) is 58.2 Å². The molecule has 0 heterocycles. The SMILES string of the molecule is Cc1cccc(NC(=O)C(=O)Nc2cccc(C(F)(F)F)c2)c1. The molecule has 0 saturated heterocycles. The molecule has 7 heteroatoms. The highest BCUT2D eigenvalue weighted by Crippen LogP contribution is 2.30. The monoisotopic (exact) mass is 322 g/mol. The summed E-state index contributed by atoms with van der Waals surface area (Å²) in [7, 11) is 0. The first-order valence-corrected chi connectivity index (χ1v) is 6.62. The third kappa shape index (κ3) is 4.57. The maximum Gasteiger partial charge on any atom is 0.416 e. The molecule has 0 radical (unpaired) electrons. The summed E-state index contributed by atoms with van der Waals surface area (Å²) >= 11 is 0. The van der Waals surface area contributed by atoms with Gasteiger partial charge >= 0.3 is 18.0 Å². The van der Waals surface area contributed by atoms with E-state index < -0.39 is 23.6 Å². The van der Waals surface area contributed by atoms with Gasteiger partial charge in [-0.1, -0.05) is 18.2 Å². The molecule has 0 atom stereocenters. The number of hydrogen-bond acceptors (Lipinski definition) is 2. The van der Waals surface area contributed by atoms with Crippen molar-refractivity contribution in [1.29, 1.82) is 0 Å². The molecule has 0 saturated carbocycles. The summed E-state index contributed by atoms with van der Waals surface area (Å²) < 4.78 is 37.8. The first-order chi connectivity index (χ1) is 10.8. The van der Waals surface area contributed by atoms with E-state index in [-0.39, 0.29) is 5.69 Å². The summed E-state index contributed by atoms with van der Waals surface area (Å²) in [5, 5.41) is 4.51. The second-order valence-electron chi connectivity index (χ2n) is 4.86. The number of amides is 2. The van der Waals surface area contributed by atoms with Crippen LogP contribution in [-0.4, -0.2) is 11.8 Å². The molecule has 2 N–H and O–H groups in total. The maximum atomic E-state index is 12.6. The minimum atomic E-state index is -4.52. The largest absolute Gasteiger partial charge is 0.416 e. The Hall–Kier alpha value is -2.83. The van der Waals surface area contributed by atoms with Crippen molar-refractivity contribution in [2.45, 2.75) is 13.1 Å². The van der Waals surface area contributed by atoms with Crippen molar-refractivity contribution >= 4 is 23.2 Å². The summed E-state index contributed by atoms with van der Waals surface area (Å²) in [6.45, 7) is 1.82. The van der Waals surface area contributed by atoms with Crippen molar-refractivity contribution in [1.82, 2.24) is 0 Å². The number of aryl methyl sites for hydroxylation is 1. The van der Waals surface area contributed by atoms with Gasteiger partial charge in [0.25, 0.3) is 0 Å². The van der Waals surface area contributed by atoms with Crippen molar-refractivity contribution in [3.63, 3.8) is 0 Å². The number of rotatable bonds is 2. The molecule has 2 aromatic rings. The van der Waals surface area contributed by atoms with E-state index >= 15 is 0 Å². The lowest BCUT2D eigenvalue weighted by molar-refractivity contribution is -0.137. The highest BCUT2D eigenvalue weighted by Gasteiger charge is 2.30. The number of carbonyl (C=O) groups is 2. The normalized spacial score (nSPS) is 11.0. The summed E-state index contributed by atoms with van der Waals surface area (Å²) in [6.07, 6.45) is -4.52. The molecule has 0 aliphatic carbocycles. The van der Waals surface area contributed by atoms with Gasteiger partial charge in [0, 0.05) is 11.4 Å². The van der Waals surface area contributed by atoms with E-state index in [0.29, 0.717) is 5.69 Å². The van der Waals surface area contributed by atoms with Gasteiger partial charge < -0.3 is 10.6 Å². The molecule has 0 aliphatic heterocycles. The molecule has 0 bridgehead atoms. The number of nitrogens with one attached hydrogen (secondary N) is 2. The van der Waals surface area contributed by atoms with E-state index in [1.807, 2.05) is 13.0 Å². The van der Waals surface area contributed by atoms with Crippen molar-refractivity contribution in [3.8, 4) is 0 Å². The van der Waals surface area contributed by atoms with Gasteiger partial charge in [-0.3, -0.25) is 9.59 Å².